The first-order valence-corrected chi connectivity index (χ1v) is 5.57. The lowest BCUT2D eigenvalue weighted by atomic mass is 10.1. The van der Waals surface area contributed by atoms with Crippen LogP contribution in [0.5, 0.6) is 0 Å². The number of aliphatic carboxylic acids is 1. The Morgan fingerprint density at radius 2 is 2.35 bits per heavy atom. The van der Waals surface area contributed by atoms with Gasteiger partial charge in [0.05, 0.1) is 12.3 Å². The zero-order valence-electron chi connectivity index (χ0n) is 10.1. The topological polar surface area (TPSA) is 84.6 Å². The van der Waals surface area contributed by atoms with Gasteiger partial charge in [-0.3, -0.25) is 4.68 Å². The van der Waals surface area contributed by atoms with Crippen molar-refractivity contribution >= 4 is 5.97 Å². The van der Waals surface area contributed by atoms with Crippen molar-refractivity contribution in [3.05, 3.63) is 17.5 Å². The van der Waals surface area contributed by atoms with Crippen molar-refractivity contribution in [1.82, 2.24) is 9.78 Å². The average Bonchev–Trinajstić information content (AvgIpc) is 2.65. The molecule has 0 aliphatic rings. The maximum absolute atomic E-state index is 11.1. The Morgan fingerprint density at radius 3 is 2.88 bits per heavy atom. The Bertz CT molecular complexity index is 376. The molecule has 1 aromatic rings. The van der Waals surface area contributed by atoms with E-state index in [1.807, 2.05) is 6.92 Å². The van der Waals surface area contributed by atoms with Crippen LogP contribution in [0.25, 0.3) is 0 Å². The molecule has 0 radical (unpaired) electrons. The van der Waals surface area contributed by atoms with Gasteiger partial charge in [0, 0.05) is 25.4 Å². The fourth-order valence-electron chi connectivity index (χ4n) is 1.61. The van der Waals surface area contributed by atoms with Gasteiger partial charge in [-0.25, -0.2) is 4.79 Å². The molecule has 0 saturated carbocycles. The number of aliphatic hydroxyl groups excluding tert-OH is 1. The highest BCUT2D eigenvalue weighted by Crippen LogP contribution is 2.21. The number of hydrogen-bond donors (Lipinski definition) is 2. The van der Waals surface area contributed by atoms with E-state index in [2.05, 4.69) is 5.10 Å². The monoisotopic (exact) mass is 242 g/mol. The summed E-state index contributed by atoms with van der Waals surface area (Å²) in [5.41, 5.74) is 1.31. The molecular weight excluding hydrogens is 224 g/mol. The Morgan fingerprint density at radius 1 is 1.65 bits per heavy atom. The van der Waals surface area contributed by atoms with Crippen molar-refractivity contribution in [3.8, 4) is 0 Å². The number of hydrogen-bond acceptors (Lipinski definition) is 4. The number of aliphatic hydroxyl groups is 1. The van der Waals surface area contributed by atoms with Crippen molar-refractivity contribution in [1.29, 1.82) is 0 Å². The lowest BCUT2D eigenvalue weighted by molar-refractivity contribution is -0.151. The van der Waals surface area contributed by atoms with Gasteiger partial charge in [0.15, 0.2) is 6.10 Å². The molecular formula is C11H18N2O4. The highest BCUT2D eigenvalue weighted by Gasteiger charge is 2.25. The number of carboxylic acid groups (broad SMARTS) is 1. The van der Waals surface area contributed by atoms with Gasteiger partial charge in [-0.2, -0.15) is 5.10 Å². The minimum Gasteiger partial charge on any atom is -0.479 e. The van der Waals surface area contributed by atoms with E-state index in [9.17, 15) is 4.79 Å². The van der Waals surface area contributed by atoms with Crippen LogP contribution in [0.3, 0.4) is 0 Å². The Labute approximate surface area is 99.8 Å². The van der Waals surface area contributed by atoms with Crippen LogP contribution >= 0.6 is 0 Å². The number of aryl methyl sites for hydroxylation is 2. The summed E-state index contributed by atoms with van der Waals surface area (Å²) in [6.07, 6.45) is 1.73. The lowest BCUT2D eigenvalue weighted by Gasteiger charge is -2.12. The molecule has 0 bridgehead atoms. The minimum absolute atomic E-state index is 0.0139. The third-order valence-electron chi connectivity index (χ3n) is 2.37. The van der Waals surface area contributed by atoms with Gasteiger partial charge in [-0.15, -0.1) is 0 Å². The molecule has 96 valence electrons. The zero-order valence-corrected chi connectivity index (χ0v) is 10.1. The summed E-state index contributed by atoms with van der Waals surface area (Å²) in [5.74, 6) is -1.04. The molecule has 6 nitrogen and oxygen atoms in total. The summed E-state index contributed by atoms with van der Waals surface area (Å²) in [4.78, 5) is 11.1. The summed E-state index contributed by atoms with van der Waals surface area (Å²) in [5, 5.41) is 22.0. The molecule has 0 aliphatic heterocycles. The first-order chi connectivity index (χ1) is 8.10. The van der Waals surface area contributed by atoms with Crippen LogP contribution in [0.4, 0.5) is 0 Å². The molecule has 1 rings (SSSR count). The second-order valence-electron chi connectivity index (χ2n) is 3.72. The molecule has 0 aliphatic carbocycles. The summed E-state index contributed by atoms with van der Waals surface area (Å²) in [7, 11) is 1.75. The number of carbonyl (C=O) groups is 1. The molecule has 1 unspecified atom stereocenters. The van der Waals surface area contributed by atoms with Gasteiger partial charge in [-0.1, -0.05) is 6.92 Å². The fraction of sp³-hybridized carbons (Fsp3) is 0.636. The third-order valence-corrected chi connectivity index (χ3v) is 2.37. The minimum atomic E-state index is -1.04. The second-order valence-corrected chi connectivity index (χ2v) is 3.72. The molecule has 6 heteroatoms. The molecule has 2 N–H and O–H groups in total. The highest BCUT2D eigenvalue weighted by molar-refractivity contribution is 5.74. The second kappa shape index (κ2) is 6.36. The molecule has 0 aromatic carbocycles. The van der Waals surface area contributed by atoms with Crippen molar-refractivity contribution in [2.24, 2.45) is 7.05 Å². The predicted molar refractivity (Wildman–Crippen MR) is 60.6 cm³/mol. The Balaban J connectivity index is 2.85. The largest absolute Gasteiger partial charge is 0.479 e. The maximum Gasteiger partial charge on any atom is 0.337 e. The zero-order chi connectivity index (χ0) is 12.8. The van der Waals surface area contributed by atoms with Crippen LogP contribution in [-0.4, -0.2) is 39.2 Å². The third kappa shape index (κ3) is 3.54. The molecule has 1 heterocycles. The number of ether oxygens (including phenoxy) is 1. The molecule has 1 atom stereocenters. The standard InChI is InChI=1S/C11H18N2O4/c1-3-9-8(7-13(2)12-9)10(11(15)16)17-6-4-5-14/h7,10,14H,3-6H2,1-2H3,(H,15,16). The van der Waals surface area contributed by atoms with E-state index in [1.54, 1.807) is 17.9 Å². The van der Waals surface area contributed by atoms with Crippen molar-refractivity contribution in [2.45, 2.75) is 25.9 Å². The van der Waals surface area contributed by atoms with Crippen LogP contribution in [0.2, 0.25) is 0 Å². The molecule has 0 spiro atoms. The summed E-state index contributed by atoms with van der Waals surface area (Å²) in [6, 6.07) is 0. The number of aromatic nitrogens is 2. The van der Waals surface area contributed by atoms with Gasteiger partial charge >= 0.3 is 5.97 Å². The van der Waals surface area contributed by atoms with Crippen LogP contribution in [0, 0.1) is 0 Å². The van der Waals surface area contributed by atoms with E-state index in [1.165, 1.54) is 0 Å². The van der Waals surface area contributed by atoms with Gasteiger partial charge < -0.3 is 14.9 Å². The van der Waals surface area contributed by atoms with E-state index in [4.69, 9.17) is 14.9 Å². The summed E-state index contributed by atoms with van der Waals surface area (Å²) < 4.78 is 6.86. The normalized spacial score (nSPS) is 12.6. The van der Waals surface area contributed by atoms with E-state index in [0.29, 0.717) is 18.4 Å². The molecule has 1 aromatic heterocycles. The lowest BCUT2D eigenvalue weighted by Crippen LogP contribution is -2.17. The van der Waals surface area contributed by atoms with Crippen LogP contribution in [0.15, 0.2) is 6.20 Å². The van der Waals surface area contributed by atoms with Crippen molar-refractivity contribution < 1.29 is 19.7 Å². The van der Waals surface area contributed by atoms with Gasteiger partial charge in [0.2, 0.25) is 0 Å². The first kappa shape index (κ1) is 13.7. The average molecular weight is 242 g/mol. The highest BCUT2D eigenvalue weighted by atomic mass is 16.5. The predicted octanol–water partition coefficient (Wildman–Crippen LogP) is 0.507. The molecule has 0 saturated heterocycles. The van der Waals surface area contributed by atoms with Crippen LogP contribution < -0.4 is 0 Å². The van der Waals surface area contributed by atoms with Crippen molar-refractivity contribution in [3.63, 3.8) is 0 Å². The quantitative estimate of drug-likeness (QED) is 0.680. The summed E-state index contributed by atoms with van der Waals surface area (Å²) in [6.45, 7) is 2.12. The first-order valence-electron chi connectivity index (χ1n) is 5.57. The Hall–Kier alpha value is -1.40. The molecule has 17 heavy (non-hydrogen) atoms. The van der Waals surface area contributed by atoms with Crippen molar-refractivity contribution in [2.75, 3.05) is 13.2 Å². The van der Waals surface area contributed by atoms with Crippen LogP contribution in [0.1, 0.15) is 30.7 Å². The van der Waals surface area contributed by atoms with E-state index in [0.717, 1.165) is 5.69 Å². The van der Waals surface area contributed by atoms with Gasteiger partial charge in [0.1, 0.15) is 0 Å². The van der Waals surface area contributed by atoms with E-state index < -0.39 is 12.1 Å². The van der Waals surface area contributed by atoms with Gasteiger partial charge in [-0.05, 0) is 12.8 Å². The number of carboxylic acids is 1. The summed E-state index contributed by atoms with van der Waals surface area (Å²) >= 11 is 0. The van der Waals surface area contributed by atoms with Crippen LogP contribution in [-0.2, 0) is 23.0 Å². The SMILES string of the molecule is CCc1nn(C)cc1C(OCCCO)C(=O)O. The van der Waals surface area contributed by atoms with Gasteiger partial charge in [0.25, 0.3) is 0 Å². The number of rotatable bonds is 7. The molecule has 0 amide bonds. The number of nitrogens with zero attached hydrogens (tertiary/aromatic N) is 2. The van der Waals surface area contributed by atoms with E-state index >= 15 is 0 Å². The molecule has 0 fully saturated rings. The Kier molecular flexibility index (Phi) is 5.11. The van der Waals surface area contributed by atoms with E-state index in [-0.39, 0.29) is 13.2 Å². The fourth-order valence-corrected chi connectivity index (χ4v) is 1.61. The maximum atomic E-state index is 11.1. The smallest absolute Gasteiger partial charge is 0.337 e.